The molecule has 1 atom stereocenters. The number of nitriles is 1. The molecule has 0 radical (unpaired) electrons. The summed E-state index contributed by atoms with van der Waals surface area (Å²) in [4.78, 5) is 4.80. The fourth-order valence-corrected chi connectivity index (χ4v) is 3.12. The SMILES string of the molecule is CNC(C#N)(CN1CCC(N(C)C)CC1)C1CC1. The number of nitrogens with zero attached hydrogens (tertiary/aromatic N) is 3. The minimum atomic E-state index is -0.301. The van der Waals surface area contributed by atoms with Crippen molar-refractivity contribution in [1.29, 1.82) is 5.26 Å². The van der Waals surface area contributed by atoms with E-state index in [0.29, 0.717) is 12.0 Å². The summed E-state index contributed by atoms with van der Waals surface area (Å²) in [6.07, 6.45) is 4.87. The highest BCUT2D eigenvalue weighted by Crippen LogP contribution is 2.40. The fourth-order valence-electron chi connectivity index (χ4n) is 3.12. The first-order valence-corrected chi connectivity index (χ1v) is 7.10. The molecule has 4 nitrogen and oxygen atoms in total. The van der Waals surface area contributed by atoms with Gasteiger partial charge < -0.3 is 15.1 Å². The molecular formula is C14H26N4. The normalized spacial score (nSPS) is 25.9. The fraction of sp³-hybridized carbons (Fsp3) is 0.929. The highest BCUT2D eigenvalue weighted by molar-refractivity contribution is 5.16. The average Bonchev–Trinajstić information content (AvgIpc) is 3.21. The molecule has 1 saturated carbocycles. The standard InChI is InChI=1S/C14H26N4/c1-16-14(10-15,12-4-5-12)11-18-8-6-13(7-9-18)17(2)3/h12-13,16H,4-9,11H2,1-3H3. The largest absolute Gasteiger partial charge is 0.306 e. The number of rotatable bonds is 5. The number of hydrogen-bond donors (Lipinski definition) is 1. The van der Waals surface area contributed by atoms with Crippen LogP contribution in [-0.4, -0.2) is 62.2 Å². The number of hydrogen-bond acceptors (Lipinski definition) is 4. The van der Waals surface area contributed by atoms with Crippen LogP contribution in [0.25, 0.3) is 0 Å². The lowest BCUT2D eigenvalue weighted by atomic mass is 9.93. The van der Waals surface area contributed by atoms with Crippen molar-refractivity contribution in [2.24, 2.45) is 5.92 Å². The minimum Gasteiger partial charge on any atom is -0.306 e. The number of likely N-dealkylation sites (N-methyl/N-ethyl adjacent to an activating group) is 1. The molecule has 102 valence electrons. The van der Waals surface area contributed by atoms with Crippen molar-refractivity contribution in [2.75, 3.05) is 40.8 Å². The van der Waals surface area contributed by atoms with Gasteiger partial charge in [0.2, 0.25) is 0 Å². The maximum Gasteiger partial charge on any atom is 0.122 e. The van der Waals surface area contributed by atoms with Crippen molar-refractivity contribution < 1.29 is 0 Å². The molecule has 0 spiro atoms. The topological polar surface area (TPSA) is 42.3 Å². The van der Waals surface area contributed by atoms with Crippen LogP contribution >= 0.6 is 0 Å². The molecule has 1 aliphatic carbocycles. The average molecular weight is 250 g/mol. The van der Waals surface area contributed by atoms with Crippen LogP contribution in [0, 0.1) is 17.2 Å². The number of nitrogens with one attached hydrogen (secondary N) is 1. The van der Waals surface area contributed by atoms with E-state index in [1.54, 1.807) is 0 Å². The van der Waals surface area contributed by atoms with Gasteiger partial charge in [-0.15, -0.1) is 0 Å². The van der Waals surface area contributed by atoms with Gasteiger partial charge in [-0.25, -0.2) is 0 Å². The quantitative estimate of drug-likeness (QED) is 0.787. The lowest BCUT2D eigenvalue weighted by molar-refractivity contribution is 0.120. The van der Waals surface area contributed by atoms with Crippen molar-refractivity contribution in [2.45, 2.75) is 37.3 Å². The van der Waals surface area contributed by atoms with E-state index in [-0.39, 0.29) is 5.54 Å². The maximum absolute atomic E-state index is 9.51. The van der Waals surface area contributed by atoms with Gasteiger partial charge in [0.25, 0.3) is 0 Å². The lowest BCUT2D eigenvalue weighted by Crippen LogP contribution is -2.55. The zero-order valence-corrected chi connectivity index (χ0v) is 11.9. The molecule has 18 heavy (non-hydrogen) atoms. The van der Waals surface area contributed by atoms with Crippen molar-refractivity contribution in [3.63, 3.8) is 0 Å². The Labute approximate surface area is 111 Å². The Morgan fingerprint density at radius 1 is 1.28 bits per heavy atom. The predicted molar refractivity (Wildman–Crippen MR) is 73.3 cm³/mol. The van der Waals surface area contributed by atoms with Crippen molar-refractivity contribution in [3.8, 4) is 6.07 Å². The Morgan fingerprint density at radius 3 is 2.28 bits per heavy atom. The van der Waals surface area contributed by atoms with Crippen LogP contribution in [0.5, 0.6) is 0 Å². The minimum absolute atomic E-state index is 0.301. The molecule has 1 aliphatic heterocycles. The molecular weight excluding hydrogens is 224 g/mol. The van der Waals surface area contributed by atoms with Crippen LogP contribution in [-0.2, 0) is 0 Å². The Balaban J connectivity index is 1.88. The van der Waals surface area contributed by atoms with Crippen LogP contribution < -0.4 is 5.32 Å². The third-order valence-corrected chi connectivity index (χ3v) is 4.68. The van der Waals surface area contributed by atoms with E-state index in [1.165, 1.54) is 25.7 Å². The third-order valence-electron chi connectivity index (χ3n) is 4.68. The summed E-state index contributed by atoms with van der Waals surface area (Å²) in [6.45, 7) is 3.15. The summed E-state index contributed by atoms with van der Waals surface area (Å²) in [5, 5.41) is 12.8. The van der Waals surface area contributed by atoms with E-state index in [2.05, 4.69) is 35.3 Å². The first-order chi connectivity index (χ1) is 8.61. The zero-order valence-electron chi connectivity index (χ0n) is 11.9. The maximum atomic E-state index is 9.51. The second-order valence-corrected chi connectivity index (χ2v) is 6.08. The van der Waals surface area contributed by atoms with E-state index >= 15 is 0 Å². The molecule has 4 heteroatoms. The molecule has 1 saturated heterocycles. The van der Waals surface area contributed by atoms with Crippen LogP contribution in [0.1, 0.15) is 25.7 Å². The second-order valence-electron chi connectivity index (χ2n) is 6.08. The molecule has 0 aromatic rings. The highest BCUT2D eigenvalue weighted by Gasteiger charge is 2.45. The summed E-state index contributed by atoms with van der Waals surface area (Å²) < 4.78 is 0. The van der Waals surface area contributed by atoms with E-state index in [0.717, 1.165) is 19.6 Å². The molecule has 1 N–H and O–H groups in total. The van der Waals surface area contributed by atoms with Gasteiger partial charge in [-0.1, -0.05) is 0 Å². The molecule has 0 aromatic heterocycles. The highest BCUT2D eigenvalue weighted by atomic mass is 15.2. The first kappa shape index (κ1) is 13.8. The summed E-state index contributed by atoms with van der Waals surface area (Å²) in [5.74, 6) is 0.569. The van der Waals surface area contributed by atoms with E-state index in [4.69, 9.17) is 0 Å². The van der Waals surface area contributed by atoms with Crippen LogP contribution in [0.2, 0.25) is 0 Å². The predicted octanol–water partition coefficient (Wildman–Crippen LogP) is 0.904. The van der Waals surface area contributed by atoms with Crippen molar-refractivity contribution >= 4 is 0 Å². The van der Waals surface area contributed by atoms with Crippen LogP contribution in [0.4, 0.5) is 0 Å². The van der Waals surface area contributed by atoms with E-state index in [1.807, 2.05) is 7.05 Å². The van der Waals surface area contributed by atoms with Gasteiger partial charge in [-0.3, -0.25) is 0 Å². The van der Waals surface area contributed by atoms with Crippen molar-refractivity contribution in [1.82, 2.24) is 15.1 Å². The summed E-state index contributed by atoms with van der Waals surface area (Å²) in [5.41, 5.74) is -0.301. The third kappa shape index (κ3) is 2.85. The Morgan fingerprint density at radius 2 is 1.89 bits per heavy atom. The van der Waals surface area contributed by atoms with Crippen LogP contribution in [0.3, 0.4) is 0 Å². The van der Waals surface area contributed by atoms with Crippen molar-refractivity contribution in [3.05, 3.63) is 0 Å². The Hall–Kier alpha value is -0.630. The lowest BCUT2D eigenvalue weighted by Gasteiger charge is -2.39. The number of piperidine rings is 1. The van der Waals surface area contributed by atoms with E-state index in [9.17, 15) is 5.26 Å². The molecule has 0 aromatic carbocycles. The molecule has 2 fully saturated rings. The van der Waals surface area contributed by atoms with E-state index < -0.39 is 0 Å². The summed E-state index contributed by atoms with van der Waals surface area (Å²) in [7, 11) is 6.27. The smallest absolute Gasteiger partial charge is 0.122 e. The Kier molecular flexibility index (Phi) is 4.26. The van der Waals surface area contributed by atoms with Gasteiger partial charge in [0.1, 0.15) is 5.54 Å². The molecule has 1 heterocycles. The molecule has 0 bridgehead atoms. The Bertz CT molecular complexity index is 310. The van der Waals surface area contributed by atoms with Gasteiger partial charge in [0.15, 0.2) is 0 Å². The van der Waals surface area contributed by atoms with Gasteiger partial charge >= 0.3 is 0 Å². The van der Waals surface area contributed by atoms with Crippen LogP contribution in [0.15, 0.2) is 0 Å². The molecule has 1 unspecified atom stereocenters. The molecule has 2 rings (SSSR count). The monoisotopic (exact) mass is 250 g/mol. The van der Waals surface area contributed by atoms with Gasteiger partial charge in [-0.05, 0) is 65.8 Å². The van der Waals surface area contributed by atoms with Gasteiger partial charge in [0, 0.05) is 12.6 Å². The van der Waals surface area contributed by atoms with Gasteiger partial charge in [0.05, 0.1) is 6.07 Å². The summed E-state index contributed by atoms with van der Waals surface area (Å²) in [6, 6.07) is 3.26. The first-order valence-electron chi connectivity index (χ1n) is 7.10. The second kappa shape index (κ2) is 5.56. The van der Waals surface area contributed by atoms with Gasteiger partial charge in [-0.2, -0.15) is 5.26 Å². The number of likely N-dealkylation sites (tertiary alicyclic amines) is 1. The summed E-state index contributed by atoms with van der Waals surface area (Å²) >= 11 is 0. The zero-order chi connectivity index (χ0) is 13.2. The molecule has 2 aliphatic rings. The molecule has 0 amide bonds.